The smallest absolute Gasteiger partial charge is 0.231 e. The molecule has 0 radical (unpaired) electrons. The molecular weight excluding hydrogens is 268 g/mol. The number of nitrogens with one attached hydrogen (secondary N) is 1. The van der Waals surface area contributed by atoms with Crippen molar-refractivity contribution in [3.8, 4) is 11.5 Å². The molecule has 19 heavy (non-hydrogen) atoms. The molecule has 5 nitrogen and oxygen atoms in total. The monoisotopic (exact) mass is 284 g/mol. The van der Waals surface area contributed by atoms with E-state index in [1.807, 2.05) is 6.92 Å². The summed E-state index contributed by atoms with van der Waals surface area (Å²) in [6.07, 6.45) is 2.06. The minimum Gasteiger partial charge on any atom is -0.454 e. The van der Waals surface area contributed by atoms with Crippen molar-refractivity contribution in [2.75, 3.05) is 12.1 Å². The fourth-order valence-electron chi connectivity index (χ4n) is 1.93. The van der Waals surface area contributed by atoms with Crippen LogP contribution in [0, 0.1) is 0 Å². The van der Waals surface area contributed by atoms with Crippen LogP contribution < -0.4 is 20.5 Å². The maximum absolute atomic E-state index is 11.8. The Balaban J connectivity index is 2.01. The van der Waals surface area contributed by atoms with E-state index >= 15 is 0 Å². The summed E-state index contributed by atoms with van der Waals surface area (Å²) in [6.45, 7) is 2.21. The molecule has 0 aliphatic carbocycles. The molecule has 1 heterocycles. The summed E-state index contributed by atoms with van der Waals surface area (Å²) in [5.74, 6) is 1.02. The first-order valence-corrected chi connectivity index (χ1v) is 6.62. The number of fused-ring (bicyclic) bond motifs is 1. The number of carbonyl (C=O) groups is 1. The lowest BCUT2D eigenvalue weighted by atomic mass is 10.1. The van der Waals surface area contributed by atoms with Crippen LogP contribution in [-0.2, 0) is 4.79 Å². The topological polar surface area (TPSA) is 73.6 Å². The van der Waals surface area contributed by atoms with Crippen LogP contribution in [0.15, 0.2) is 12.1 Å². The molecule has 0 spiro atoms. The van der Waals surface area contributed by atoms with Crippen molar-refractivity contribution in [3.05, 3.63) is 17.2 Å². The molecule has 2 rings (SSSR count). The molecule has 0 aromatic heterocycles. The lowest BCUT2D eigenvalue weighted by Gasteiger charge is -2.12. The lowest BCUT2D eigenvalue weighted by molar-refractivity contribution is -0.116. The van der Waals surface area contributed by atoms with Gasteiger partial charge in [0.15, 0.2) is 11.5 Å². The molecule has 1 aliphatic heterocycles. The van der Waals surface area contributed by atoms with E-state index < -0.39 is 0 Å². The number of hydrogen-bond acceptors (Lipinski definition) is 4. The van der Waals surface area contributed by atoms with E-state index in [0.29, 0.717) is 22.2 Å². The first-order valence-electron chi connectivity index (χ1n) is 6.24. The quantitative estimate of drug-likeness (QED) is 0.871. The summed E-state index contributed by atoms with van der Waals surface area (Å²) in [6, 6.07) is 3.16. The lowest BCUT2D eigenvalue weighted by Crippen LogP contribution is -2.26. The third-order valence-electron chi connectivity index (χ3n) is 2.84. The molecule has 104 valence electrons. The molecule has 0 bridgehead atoms. The van der Waals surface area contributed by atoms with Gasteiger partial charge in [-0.05, 0) is 6.42 Å². The van der Waals surface area contributed by atoms with Crippen molar-refractivity contribution in [2.24, 2.45) is 5.73 Å². The molecule has 1 amide bonds. The van der Waals surface area contributed by atoms with Crippen LogP contribution in [0.3, 0.4) is 0 Å². The highest BCUT2D eigenvalue weighted by molar-refractivity contribution is 6.34. The Morgan fingerprint density at radius 3 is 2.84 bits per heavy atom. The van der Waals surface area contributed by atoms with Crippen molar-refractivity contribution in [1.29, 1.82) is 0 Å². The van der Waals surface area contributed by atoms with E-state index in [1.54, 1.807) is 12.1 Å². The number of nitrogens with two attached hydrogens (primary N) is 1. The minimum absolute atomic E-state index is 0.127. The van der Waals surface area contributed by atoms with Crippen LogP contribution in [0.25, 0.3) is 0 Å². The summed E-state index contributed by atoms with van der Waals surface area (Å²) < 4.78 is 10.4. The van der Waals surface area contributed by atoms with Gasteiger partial charge in [-0.1, -0.05) is 24.9 Å². The Labute approximate surface area is 117 Å². The van der Waals surface area contributed by atoms with Gasteiger partial charge in [-0.2, -0.15) is 0 Å². The Morgan fingerprint density at radius 2 is 2.16 bits per heavy atom. The highest BCUT2D eigenvalue weighted by Gasteiger charge is 2.18. The fraction of sp³-hybridized carbons (Fsp3) is 0.462. The number of carbonyl (C=O) groups excluding carboxylic acids is 1. The molecule has 1 unspecified atom stereocenters. The normalized spacial score (nSPS) is 14.3. The number of anilines is 1. The van der Waals surface area contributed by atoms with Gasteiger partial charge in [-0.3, -0.25) is 4.79 Å². The summed E-state index contributed by atoms with van der Waals surface area (Å²) in [4.78, 5) is 11.8. The predicted octanol–water partition coefficient (Wildman–Crippen LogP) is 2.52. The number of ether oxygens (including phenoxy) is 2. The second-order valence-corrected chi connectivity index (χ2v) is 4.89. The van der Waals surface area contributed by atoms with Crippen LogP contribution in [0.1, 0.15) is 26.2 Å². The molecule has 0 saturated carbocycles. The van der Waals surface area contributed by atoms with E-state index in [9.17, 15) is 4.79 Å². The number of benzene rings is 1. The largest absolute Gasteiger partial charge is 0.454 e. The van der Waals surface area contributed by atoms with Crippen molar-refractivity contribution in [3.63, 3.8) is 0 Å². The summed E-state index contributed by atoms with van der Waals surface area (Å²) in [5, 5.41) is 3.16. The number of halogens is 1. The van der Waals surface area contributed by atoms with Gasteiger partial charge in [-0.25, -0.2) is 0 Å². The Hall–Kier alpha value is -1.46. The molecule has 6 heteroatoms. The Bertz CT molecular complexity index is 479. The van der Waals surface area contributed by atoms with Gasteiger partial charge < -0.3 is 20.5 Å². The highest BCUT2D eigenvalue weighted by atomic mass is 35.5. The molecule has 0 saturated heterocycles. The average molecular weight is 285 g/mol. The zero-order valence-electron chi connectivity index (χ0n) is 10.7. The Morgan fingerprint density at radius 1 is 1.47 bits per heavy atom. The van der Waals surface area contributed by atoms with Crippen LogP contribution in [0.2, 0.25) is 5.02 Å². The molecule has 1 aromatic carbocycles. The van der Waals surface area contributed by atoms with Gasteiger partial charge in [0.25, 0.3) is 0 Å². The SMILES string of the molecule is CCCC(N)CC(=O)Nc1cc2c(cc1Cl)OCO2. The highest BCUT2D eigenvalue weighted by Crippen LogP contribution is 2.39. The zero-order valence-corrected chi connectivity index (χ0v) is 11.5. The Kier molecular flexibility index (Phi) is 4.50. The average Bonchev–Trinajstić information content (AvgIpc) is 2.76. The van der Waals surface area contributed by atoms with Crippen LogP contribution >= 0.6 is 11.6 Å². The second-order valence-electron chi connectivity index (χ2n) is 4.49. The van der Waals surface area contributed by atoms with E-state index in [2.05, 4.69) is 5.32 Å². The molecule has 3 N–H and O–H groups in total. The number of amides is 1. The third-order valence-corrected chi connectivity index (χ3v) is 3.16. The maximum atomic E-state index is 11.8. The molecule has 1 aromatic rings. The second kappa shape index (κ2) is 6.12. The first kappa shape index (κ1) is 14.0. The third kappa shape index (κ3) is 3.52. The molecule has 1 atom stereocenters. The molecule has 1 aliphatic rings. The summed E-state index contributed by atoms with van der Waals surface area (Å²) in [7, 11) is 0. The van der Waals surface area contributed by atoms with E-state index in [-0.39, 0.29) is 25.2 Å². The van der Waals surface area contributed by atoms with Crippen LogP contribution in [-0.4, -0.2) is 18.7 Å². The zero-order chi connectivity index (χ0) is 13.8. The summed E-state index contributed by atoms with van der Waals surface area (Å²) in [5.41, 5.74) is 6.34. The summed E-state index contributed by atoms with van der Waals surface area (Å²) >= 11 is 6.07. The standard InChI is InChI=1S/C13H17ClN2O3/c1-2-3-8(15)4-13(17)16-10-6-12-11(5-9(10)14)18-7-19-12/h5-6,8H,2-4,7,15H2,1H3,(H,16,17). The van der Waals surface area contributed by atoms with Gasteiger partial charge in [0.2, 0.25) is 12.7 Å². The molecule has 0 fully saturated rings. The van der Waals surface area contributed by atoms with Gasteiger partial charge in [0, 0.05) is 24.6 Å². The van der Waals surface area contributed by atoms with E-state index in [0.717, 1.165) is 12.8 Å². The van der Waals surface area contributed by atoms with Gasteiger partial charge in [0.05, 0.1) is 10.7 Å². The minimum atomic E-state index is -0.151. The van der Waals surface area contributed by atoms with E-state index in [4.69, 9.17) is 26.8 Å². The van der Waals surface area contributed by atoms with Crippen molar-refractivity contribution < 1.29 is 14.3 Å². The van der Waals surface area contributed by atoms with Crippen LogP contribution in [0.4, 0.5) is 5.69 Å². The van der Waals surface area contributed by atoms with E-state index in [1.165, 1.54) is 0 Å². The molecular formula is C13H17ClN2O3. The van der Waals surface area contributed by atoms with Crippen LogP contribution in [0.5, 0.6) is 11.5 Å². The fourth-order valence-corrected chi connectivity index (χ4v) is 2.13. The predicted molar refractivity (Wildman–Crippen MR) is 73.7 cm³/mol. The van der Waals surface area contributed by atoms with Crippen molar-refractivity contribution >= 4 is 23.2 Å². The van der Waals surface area contributed by atoms with Gasteiger partial charge >= 0.3 is 0 Å². The van der Waals surface area contributed by atoms with Crippen molar-refractivity contribution in [1.82, 2.24) is 0 Å². The van der Waals surface area contributed by atoms with Crippen molar-refractivity contribution in [2.45, 2.75) is 32.2 Å². The van der Waals surface area contributed by atoms with Gasteiger partial charge in [-0.15, -0.1) is 0 Å². The van der Waals surface area contributed by atoms with Gasteiger partial charge in [0.1, 0.15) is 0 Å². The maximum Gasteiger partial charge on any atom is 0.231 e. The number of rotatable bonds is 5. The number of hydrogen-bond donors (Lipinski definition) is 2. The first-order chi connectivity index (χ1) is 9.10.